The summed E-state index contributed by atoms with van der Waals surface area (Å²) >= 11 is 0. The molecule has 0 atom stereocenters. The molecule has 1 aromatic rings. The summed E-state index contributed by atoms with van der Waals surface area (Å²) in [5.74, 6) is 0.507. The zero-order chi connectivity index (χ0) is 12.8. The van der Waals surface area contributed by atoms with E-state index in [0.29, 0.717) is 12.2 Å². The third-order valence-electron chi connectivity index (χ3n) is 3.48. The molecule has 3 heteroatoms. The van der Waals surface area contributed by atoms with Gasteiger partial charge in [0.2, 0.25) is 0 Å². The van der Waals surface area contributed by atoms with Crippen LogP contribution in [0.4, 0.5) is 5.69 Å². The Kier molecular flexibility index (Phi) is 4.62. The minimum Gasteiger partial charge on any atom is -0.462 e. The van der Waals surface area contributed by atoms with Crippen molar-refractivity contribution >= 4 is 11.7 Å². The first-order chi connectivity index (χ1) is 8.81. The van der Waals surface area contributed by atoms with Crippen molar-refractivity contribution in [1.82, 2.24) is 0 Å². The van der Waals surface area contributed by atoms with Gasteiger partial charge >= 0.3 is 5.97 Å². The third-order valence-corrected chi connectivity index (χ3v) is 3.48. The topological polar surface area (TPSA) is 38.3 Å². The Balaban J connectivity index is 2.00. The van der Waals surface area contributed by atoms with Gasteiger partial charge in [-0.2, -0.15) is 0 Å². The lowest BCUT2D eigenvalue weighted by molar-refractivity contribution is 0.0527. The molecular weight excluding hydrogens is 226 g/mol. The van der Waals surface area contributed by atoms with Crippen LogP contribution in [0.15, 0.2) is 24.3 Å². The number of hydrogen-bond acceptors (Lipinski definition) is 3. The molecule has 1 aliphatic rings. The maximum atomic E-state index is 11.8. The van der Waals surface area contributed by atoms with Crippen molar-refractivity contribution in [2.24, 2.45) is 5.92 Å². The molecule has 1 N–H and O–H groups in total. The summed E-state index contributed by atoms with van der Waals surface area (Å²) in [6.07, 6.45) is 5.28. The molecule has 0 aromatic heterocycles. The van der Waals surface area contributed by atoms with E-state index in [4.69, 9.17) is 4.74 Å². The molecule has 1 aliphatic carbocycles. The number of rotatable bonds is 5. The van der Waals surface area contributed by atoms with E-state index in [1.54, 1.807) is 0 Å². The molecule has 1 fully saturated rings. The Hall–Kier alpha value is -1.51. The van der Waals surface area contributed by atoms with Crippen molar-refractivity contribution in [2.75, 3.05) is 18.5 Å². The first-order valence-corrected chi connectivity index (χ1v) is 6.81. The predicted molar refractivity (Wildman–Crippen MR) is 72.8 cm³/mol. The van der Waals surface area contributed by atoms with E-state index in [0.717, 1.165) is 18.2 Å². The molecule has 0 radical (unpaired) electrons. The van der Waals surface area contributed by atoms with Crippen LogP contribution in [0.3, 0.4) is 0 Å². The van der Waals surface area contributed by atoms with Crippen molar-refractivity contribution < 1.29 is 9.53 Å². The minimum atomic E-state index is -0.243. The van der Waals surface area contributed by atoms with Crippen molar-refractivity contribution in [3.05, 3.63) is 29.8 Å². The molecule has 0 saturated heterocycles. The zero-order valence-corrected chi connectivity index (χ0v) is 10.9. The van der Waals surface area contributed by atoms with Gasteiger partial charge in [-0.05, 0) is 37.8 Å². The van der Waals surface area contributed by atoms with Gasteiger partial charge in [0, 0.05) is 12.2 Å². The molecule has 98 valence electrons. The summed E-state index contributed by atoms with van der Waals surface area (Å²) in [7, 11) is 0. The van der Waals surface area contributed by atoms with E-state index in [1.807, 2.05) is 31.2 Å². The van der Waals surface area contributed by atoms with E-state index in [-0.39, 0.29) is 5.97 Å². The lowest BCUT2D eigenvalue weighted by atomic mass is 10.1. The van der Waals surface area contributed by atoms with Gasteiger partial charge in [-0.25, -0.2) is 4.79 Å². The molecule has 0 bridgehead atoms. The minimum absolute atomic E-state index is 0.243. The van der Waals surface area contributed by atoms with Crippen LogP contribution in [0.1, 0.15) is 43.0 Å². The summed E-state index contributed by atoms with van der Waals surface area (Å²) in [5.41, 5.74) is 1.53. The quantitative estimate of drug-likeness (QED) is 0.810. The average Bonchev–Trinajstić information content (AvgIpc) is 2.90. The van der Waals surface area contributed by atoms with Gasteiger partial charge in [0.15, 0.2) is 0 Å². The fraction of sp³-hybridized carbons (Fsp3) is 0.533. The number of benzene rings is 1. The normalized spacial score (nSPS) is 15.6. The smallest absolute Gasteiger partial charge is 0.340 e. The fourth-order valence-corrected chi connectivity index (χ4v) is 2.49. The van der Waals surface area contributed by atoms with E-state index < -0.39 is 0 Å². The third kappa shape index (κ3) is 3.25. The molecule has 0 unspecified atom stereocenters. The molecular formula is C15H21NO2. The molecule has 0 spiro atoms. The summed E-state index contributed by atoms with van der Waals surface area (Å²) in [5, 5.41) is 3.39. The number of carbonyl (C=O) groups is 1. The SMILES string of the molecule is CCOC(=O)c1ccccc1NCC1CCCC1. The summed E-state index contributed by atoms with van der Waals surface area (Å²) in [6, 6.07) is 7.57. The van der Waals surface area contributed by atoms with E-state index in [9.17, 15) is 4.79 Å². The number of carbonyl (C=O) groups excluding carboxylic acids is 1. The molecule has 1 saturated carbocycles. The monoisotopic (exact) mass is 247 g/mol. The van der Waals surface area contributed by atoms with Gasteiger partial charge in [0.05, 0.1) is 12.2 Å². The lowest BCUT2D eigenvalue weighted by Crippen LogP contribution is -2.14. The number of nitrogens with one attached hydrogen (secondary N) is 1. The molecule has 3 nitrogen and oxygen atoms in total. The first kappa shape index (κ1) is 12.9. The highest BCUT2D eigenvalue weighted by Crippen LogP contribution is 2.25. The van der Waals surface area contributed by atoms with Gasteiger partial charge in [-0.3, -0.25) is 0 Å². The van der Waals surface area contributed by atoms with E-state index in [1.165, 1.54) is 25.7 Å². The Labute approximate surface area is 109 Å². The molecule has 0 amide bonds. The van der Waals surface area contributed by atoms with Crippen molar-refractivity contribution in [1.29, 1.82) is 0 Å². The highest BCUT2D eigenvalue weighted by molar-refractivity contribution is 5.95. The Morgan fingerprint density at radius 3 is 2.78 bits per heavy atom. The number of hydrogen-bond donors (Lipinski definition) is 1. The number of esters is 1. The van der Waals surface area contributed by atoms with Gasteiger partial charge < -0.3 is 10.1 Å². The van der Waals surface area contributed by atoms with Crippen LogP contribution in [0.2, 0.25) is 0 Å². The number of para-hydroxylation sites is 1. The standard InChI is InChI=1S/C15H21NO2/c1-2-18-15(17)13-9-5-6-10-14(13)16-11-12-7-3-4-8-12/h5-6,9-10,12,16H,2-4,7-8,11H2,1H3. The molecule has 0 aliphatic heterocycles. The molecule has 2 rings (SSSR count). The van der Waals surface area contributed by atoms with Crippen LogP contribution >= 0.6 is 0 Å². The van der Waals surface area contributed by atoms with Crippen LogP contribution in [-0.4, -0.2) is 19.1 Å². The van der Waals surface area contributed by atoms with Gasteiger partial charge in [-0.1, -0.05) is 25.0 Å². The van der Waals surface area contributed by atoms with Crippen LogP contribution in [0.25, 0.3) is 0 Å². The highest BCUT2D eigenvalue weighted by atomic mass is 16.5. The molecule has 1 aromatic carbocycles. The largest absolute Gasteiger partial charge is 0.462 e. The summed E-state index contributed by atoms with van der Waals surface area (Å²) in [4.78, 5) is 11.8. The van der Waals surface area contributed by atoms with Crippen molar-refractivity contribution in [3.8, 4) is 0 Å². The Morgan fingerprint density at radius 1 is 1.33 bits per heavy atom. The number of anilines is 1. The second-order valence-corrected chi connectivity index (χ2v) is 4.80. The zero-order valence-electron chi connectivity index (χ0n) is 10.9. The molecule has 0 heterocycles. The maximum Gasteiger partial charge on any atom is 0.340 e. The van der Waals surface area contributed by atoms with Crippen LogP contribution in [-0.2, 0) is 4.74 Å². The van der Waals surface area contributed by atoms with Gasteiger partial charge in [0.25, 0.3) is 0 Å². The fourth-order valence-electron chi connectivity index (χ4n) is 2.49. The van der Waals surface area contributed by atoms with Crippen LogP contribution in [0, 0.1) is 5.92 Å². The second kappa shape index (κ2) is 6.43. The maximum absolute atomic E-state index is 11.8. The van der Waals surface area contributed by atoms with Gasteiger partial charge in [0.1, 0.15) is 0 Å². The summed E-state index contributed by atoms with van der Waals surface area (Å²) in [6.45, 7) is 3.19. The van der Waals surface area contributed by atoms with Crippen molar-refractivity contribution in [3.63, 3.8) is 0 Å². The lowest BCUT2D eigenvalue weighted by Gasteiger charge is -2.14. The number of ether oxygens (including phenoxy) is 1. The van der Waals surface area contributed by atoms with Crippen LogP contribution in [0.5, 0.6) is 0 Å². The van der Waals surface area contributed by atoms with Gasteiger partial charge in [-0.15, -0.1) is 0 Å². The highest BCUT2D eigenvalue weighted by Gasteiger charge is 2.16. The predicted octanol–water partition coefficient (Wildman–Crippen LogP) is 3.47. The Morgan fingerprint density at radius 2 is 2.06 bits per heavy atom. The van der Waals surface area contributed by atoms with E-state index >= 15 is 0 Å². The summed E-state index contributed by atoms with van der Waals surface area (Å²) < 4.78 is 5.06. The average molecular weight is 247 g/mol. The van der Waals surface area contributed by atoms with Crippen molar-refractivity contribution in [2.45, 2.75) is 32.6 Å². The van der Waals surface area contributed by atoms with E-state index in [2.05, 4.69) is 5.32 Å². The van der Waals surface area contributed by atoms with Crippen LogP contribution < -0.4 is 5.32 Å². The Bertz CT molecular complexity index is 397. The molecule has 18 heavy (non-hydrogen) atoms. The first-order valence-electron chi connectivity index (χ1n) is 6.81. The second-order valence-electron chi connectivity index (χ2n) is 4.80.